The number of carboxylic acids is 1. The van der Waals surface area contributed by atoms with Crippen molar-refractivity contribution >= 4 is 18.4 Å². The van der Waals surface area contributed by atoms with Crippen LogP contribution in [0, 0.1) is 0 Å². The maximum atomic E-state index is 10.6. The molecular weight excluding hydrogens is 206 g/mol. The van der Waals surface area contributed by atoms with Gasteiger partial charge in [0, 0.05) is 18.5 Å². The fourth-order valence-electron chi connectivity index (χ4n) is 1.18. The van der Waals surface area contributed by atoms with Crippen LogP contribution in [0.4, 0.5) is 0 Å². The Hall–Kier alpha value is -1.00. The van der Waals surface area contributed by atoms with Gasteiger partial charge in [-0.05, 0) is 12.5 Å². The summed E-state index contributed by atoms with van der Waals surface area (Å²) in [6.07, 6.45) is 1.65. The SMILES string of the molecule is CCCc1oc(C(=O)O)cc1CN.Cl. The summed E-state index contributed by atoms with van der Waals surface area (Å²) in [5.41, 5.74) is 6.23. The summed E-state index contributed by atoms with van der Waals surface area (Å²) in [4.78, 5) is 10.6. The van der Waals surface area contributed by atoms with Crippen LogP contribution >= 0.6 is 12.4 Å². The molecule has 0 unspecified atom stereocenters. The first kappa shape index (κ1) is 13.0. The zero-order valence-corrected chi connectivity index (χ0v) is 8.76. The van der Waals surface area contributed by atoms with E-state index in [-0.39, 0.29) is 18.2 Å². The number of aryl methyl sites for hydroxylation is 1. The molecule has 0 amide bonds. The summed E-state index contributed by atoms with van der Waals surface area (Å²) < 4.78 is 5.13. The molecule has 0 aromatic carbocycles. The van der Waals surface area contributed by atoms with Crippen LogP contribution in [0.2, 0.25) is 0 Å². The van der Waals surface area contributed by atoms with Crippen LogP contribution in [0.3, 0.4) is 0 Å². The first-order valence-electron chi connectivity index (χ1n) is 4.24. The summed E-state index contributed by atoms with van der Waals surface area (Å²) in [6, 6.07) is 1.49. The Bertz CT molecular complexity index is 309. The average molecular weight is 220 g/mol. The number of hydrogen-bond donors (Lipinski definition) is 2. The van der Waals surface area contributed by atoms with Gasteiger partial charge in [0.1, 0.15) is 5.76 Å². The molecule has 0 aliphatic carbocycles. The van der Waals surface area contributed by atoms with E-state index in [0.717, 1.165) is 18.4 Å². The predicted octanol–water partition coefficient (Wildman–Crippen LogP) is 1.81. The molecule has 0 saturated heterocycles. The molecule has 3 N–H and O–H groups in total. The van der Waals surface area contributed by atoms with Gasteiger partial charge in [0.05, 0.1) is 0 Å². The standard InChI is InChI=1S/C9H13NO3.ClH/c1-2-3-7-6(5-10)4-8(13-7)9(11)12;/h4H,2-3,5,10H2,1H3,(H,11,12);1H. The van der Waals surface area contributed by atoms with Crippen LogP contribution in [0.25, 0.3) is 0 Å². The number of aromatic carboxylic acids is 1. The van der Waals surface area contributed by atoms with Gasteiger partial charge in [-0.25, -0.2) is 4.79 Å². The van der Waals surface area contributed by atoms with E-state index < -0.39 is 5.97 Å². The van der Waals surface area contributed by atoms with Crippen molar-refractivity contribution in [1.82, 2.24) is 0 Å². The maximum Gasteiger partial charge on any atom is 0.371 e. The van der Waals surface area contributed by atoms with Crippen LogP contribution in [0.5, 0.6) is 0 Å². The zero-order chi connectivity index (χ0) is 9.84. The monoisotopic (exact) mass is 219 g/mol. The average Bonchev–Trinajstić information content (AvgIpc) is 2.48. The van der Waals surface area contributed by atoms with E-state index in [1.807, 2.05) is 6.92 Å². The Balaban J connectivity index is 0.00000169. The van der Waals surface area contributed by atoms with Gasteiger partial charge < -0.3 is 15.3 Å². The smallest absolute Gasteiger partial charge is 0.371 e. The molecule has 80 valence electrons. The molecule has 0 atom stereocenters. The molecule has 4 nitrogen and oxygen atoms in total. The van der Waals surface area contributed by atoms with Gasteiger partial charge in [0.25, 0.3) is 0 Å². The quantitative estimate of drug-likeness (QED) is 0.810. The second-order valence-corrected chi connectivity index (χ2v) is 2.82. The van der Waals surface area contributed by atoms with Gasteiger partial charge in [-0.3, -0.25) is 0 Å². The van der Waals surface area contributed by atoms with E-state index in [1.165, 1.54) is 6.07 Å². The van der Waals surface area contributed by atoms with Crippen molar-refractivity contribution in [1.29, 1.82) is 0 Å². The molecule has 0 saturated carbocycles. The number of halogens is 1. The summed E-state index contributed by atoms with van der Waals surface area (Å²) in [7, 11) is 0. The molecule has 0 spiro atoms. The largest absolute Gasteiger partial charge is 0.475 e. The second kappa shape index (κ2) is 5.67. The van der Waals surface area contributed by atoms with E-state index in [0.29, 0.717) is 12.3 Å². The Morgan fingerprint density at radius 1 is 1.64 bits per heavy atom. The maximum absolute atomic E-state index is 10.6. The van der Waals surface area contributed by atoms with Gasteiger partial charge in [-0.15, -0.1) is 12.4 Å². The molecule has 0 aliphatic heterocycles. The Morgan fingerprint density at radius 3 is 2.71 bits per heavy atom. The van der Waals surface area contributed by atoms with Crippen molar-refractivity contribution in [2.24, 2.45) is 5.73 Å². The lowest BCUT2D eigenvalue weighted by Gasteiger charge is -1.95. The molecule has 0 bridgehead atoms. The van der Waals surface area contributed by atoms with Crippen molar-refractivity contribution in [3.63, 3.8) is 0 Å². The number of hydrogen-bond acceptors (Lipinski definition) is 3. The van der Waals surface area contributed by atoms with Gasteiger partial charge in [-0.2, -0.15) is 0 Å². The van der Waals surface area contributed by atoms with Crippen LogP contribution < -0.4 is 5.73 Å². The summed E-state index contributed by atoms with van der Waals surface area (Å²) in [6.45, 7) is 2.33. The van der Waals surface area contributed by atoms with Crippen molar-refractivity contribution in [2.75, 3.05) is 0 Å². The van der Waals surface area contributed by atoms with E-state index >= 15 is 0 Å². The van der Waals surface area contributed by atoms with Crippen molar-refractivity contribution in [3.05, 3.63) is 23.2 Å². The third-order valence-corrected chi connectivity index (χ3v) is 1.80. The lowest BCUT2D eigenvalue weighted by molar-refractivity contribution is 0.0660. The van der Waals surface area contributed by atoms with Gasteiger partial charge in [0.15, 0.2) is 0 Å². The normalized spacial score (nSPS) is 9.57. The van der Waals surface area contributed by atoms with Gasteiger partial charge in [-0.1, -0.05) is 6.92 Å². The lowest BCUT2D eigenvalue weighted by Crippen LogP contribution is -1.97. The van der Waals surface area contributed by atoms with Crippen molar-refractivity contribution < 1.29 is 14.3 Å². The molecule has 0 radical (unpaired) electrons. The summed E-state index contributed by atoms with van der Waals surface area (Å²) >= 11 is 0. The topological polar surface area (TPSA) is 76.5 Å². The highest BCUT2D eigenvalue weighted by atomic mass is 35.5. The van der Waals surface area contributed by atoms with E-state index in [1.54, 1.807) is 0 Å². The van der Waals surface area contributed by atoms with Crippen molar-refractivity contribution in [3.8, 4) is 0 Å². The third kappa shape index (κ3) is 2.75. The third-order valence-electron chi connectivity index (χ3n) is 1.80. The van der Waals surface area contributed by atoms with Crippen LogP contribution in [-0.4, -0.2) is 11.1 Å². The van der Waals surface area contributed by atoms with Crippen LogP contribution in [0.15, 0.2) is 10.5 Å². The zero-order valence-electron chi connectivity index (χ0n) is 7.95. The number of carbonyl (C=O) groups is 1. The molecular formula is C9H14ClNO3. The molecule has 1 rings (SSSR count). The lowest BCUT2D eigenvalue weighted by atomic mass is 10.2. The molecule has 14 heavy (non-hydrogen) atoms. The second-order valence-electron chi connectivity index (χ2n) is 2.82. The Labute approximate surface area is 88.5 Å². The molecule has 0 aliphatic rings. The summed E-state index contributed by atoms with van der Waals surface area (Å²) in [5.74, 6) is -0.372. The minimum Gasteiger partial charge on any atom is -0.475 e. The molecule has 1 aromatic heterocycles. The van der Waals surface area contributed by atoms with Gasteiger partial charge >= 0.3 is 5.97 Å². The van der Waals surface area contributed by atoms with Crippen LogP contribution in [0.1, 0.15) is 35.2 Å². The first-order chi connectivity index (χ1) is 6.19. The minimum atomic E-state index is -1.04. The fourth-order valence-corrected chi connectivity index (χ4v) is 1.18. The number of rotatable bonds is 4. The number of furan rings is 1. The van der Waals surface area contributed by atoms with Gasteiger partial charge in [0.2, 0.25) is 5.76 Å². The summed E-state index contributed by atoms with van der Waals surface area (Å²) in [5, 5.41) is 8.65. The highest BCUT2D eigenvalue weighted by molar-refractivity contribution is 5.85. The van der Waals surface area contributed by atoms with E-state index in [9.17, 15) is 4.79 Å². The Kier molecular flexibility index (Phi) is 5.27. The van der Waals surface area contributed by atoms with Crippen molar-refractivity contribution in [2.45, 2.75) is 26.3 Å². The van der Waals surface area contributed by atoms with E-state index in [4.69, 9.17) is 15.3 Å². The molecule has 1 aromatic rings. The minimum absolute atomic E-state index is 0. The highest BCUT2D eigenvalue weighted by Gasteiger charge is 2.13. The fraction of sp³-hybridized carbons (Fsp3) is 0.444. The predicted molar refractivity (Wildman–Crippen MR) is 54.8 cm³/mol. The van der Waals surface area contributed by atoms with Crippen LogP contribution in [-0.2, 0) is 13.0 Å². The molecule has 1 heterocycles. The highest BCUT2D eigenvalue weighted by Crippen LogP contribution is 2.16. The Morgan fingerprint density at radius 2 is 2.29 bits per heavy atom. The molecule has 5 heteroatoms. The first-order valence-corrected chi connectivity index (χ1v) is 4.24. The number of carboxylic acid groups (broad SMARTS) is 1. The van der Waals surface area contributed by atoms with E-state index in [2.05, 4.69) is 0 Å². The molecule has 0 fully saturated rings. The number of nitrogens with two attached hydrogens (primary N) is 1.